The summed E-state index contributed by atoms with van der Waals surface area (Å²) >= 11 is 3.98. The van der Waals surface area contributed by atoms with Crippen LogP contribution < -0.4 is 0 Å². The number of rotatable bonds is 15. The molecule has 0 atom stereocenters. The molecule has 0 aromatic carbocycles. The molecule has 0 saturated carbocycles. The van der Waals surface area contributed by atoms with E-state index in [2.05, 4.69) is 13.8 Å². The fourth-order valence-electron chi connectivity index (χ4n) is 1.25. The maximum atomic E-state index is 5.51. The summed E-state index contributed by atoms with van der Waals surface area (Å²) in [4.78, 5) is 0. The third-order valence-electron chi connectivity index (χ3n) is 2.40. The molecular weight excluding hydrogens is 264 g/mol. The molecule has 0 amide bonds. The maximum absolute atomic E-state index is 5.51. The van der Waals surface area contributed by atoms with Gasteiger partial charge in [-0.1, -0.05) is 26.7 Å². The van der Waals surface area contributed by atoms with E-state index in [0.717, 1.165) is 37.9 Å². The van der Waals surface area contributed by atoms with Crippen molar-refractivity contribution in [2.75, 3.05) is 49.4 Å². The third-order valence-corrected chi connectivity index (χ3v) is 4.47. The molecule has 0 bridgehead atoms. The van der Waals surface area contributed by atoms with E-state index in [1.807, 2.05) is 23.5 Å². The molecule has 0 heterocycles. The lowest BCUT2D eigenvalue weighted by Gasteiger charge is -2.05. The Morgan fingerprint density at radius 2 is 1.06 bits per heavy atom. The lowest BCUT2D eigenvalue weighted by molar-refractivity contribution is 0.0605. The summed E-state index contributed by atoms with van der Waals surface area (Å²) in [6.45, 7) is 7.68. The van der Waals surface area contributed by atoms with Gasteiger partial charge in [0.05, 0.1) is 26.4 Å². The molecule has 4 heteroatoms. The molecule has 0 fully saturated rings. The van der Waals surface area contributed by atoms with Gasteiger partial charge in [0.15, 0.2) is 0 Å². The molecule has 0 rings (SSSR count). The van der Waals surface area contributed by atoms with Gasteiger partial charge in [-0.15, -0.1) is 0 Å². The zero-order valence-electron chi connectivity index (χ0n) is 12.1. The second kappa shape index (κ2) is 17.6. The molecule has 0 spiro atoms. The molecule has 0 aliphatic carbocycles. The number of hydrogen-bond donors (Lipinski definition) is 0. The van der Waals surface area contributed by atoms with Crippen LogP contribution in [0.25, 0.3) is 0 Å². The van der Waals surface area contributed by atoms with Crippen LogP contribution in [0.1, 0.15) is 39.5 Å². The smallest absolute Gasteiger partial charge is 0.0700 e. The molecule has 0 unspecified atom stereocenters. The highest BCUT2D eigenvalue weighted by molar-refractivity contribution is 7.99. The fourth-order valence-corrected chi connectivity index (χ4v) is 3.12. The SMILES string of the molecule is CCCCSCCOCCOCCSCCCC. The number of ether oxygens (including phenoxy) is 2. The fraction of sp³-hybridized carbons (Fsp3) is 1.00. The summed E-state index contributed by atoms with van der Waals surface area (Å²) in [6, 6.07) is 0. The van der Waals surface area contributed by atoms with Crippen LogP contribution in [0.3, 0.4) is 0 Å². The molecule has 0 aromatic heterocycles. The van der Waals surface area contributed by atoms with E-state index in [-0.39, 0.29) is 0 Å². The topological polar surface area (TPSA) is 18.5 Å². The van der Waals surface area contributed by atoms with Crippen molar-refractivity contribution in [2.24, 2.45) is 0 Å². The summed E-state index contributed by atoms with van der Waals surface area (Å²) in [5.74, 6) is 4.77. The molecule has 0 aromatic rings. The van der Waals surface area contributed by atoms with Gasteiger partial charge in [0.1, 0.15) is 0 Å². The number of thioether (sulfide) groups is 2. The molecule has 0 N–H and O–H groups in total. The first-order valence-corrected chi connectivity index (χ1v) is 9.53. The Labute approximate surface area is 122 Å². The van der Waals surface area contributed by atoms with Gasteiger partial charge in [-0.25, -0.2) is 0 Å². The Kier molecular flexibility index (Phi) is 18.2. The van der Waals surface area contributed by atoms with Crippen LogP contribution in [0.4, 0.5) is 0 Å². The first-order chi connectivity index (χ1) is 8.91. The van der Waals surface area contributed by atoms with Crippen LogP contribution in [0, 0.1) is 0 Å². The summed E-state index contributed by atoms with van der Waals surface area (Å²) in [7, 11) is 0. The van der Waals surface area contributed by atoms with Crippen molar-refractivity contribution >= 4 is 23.5 Å². The first kappa shape index (κ1) is 18.6. The van der Waals surface area contributed by atoms with E-state index in [4.69, 9.17) is 9.47 Å². The quantitative estimate of drug-likeness (QED) is 0.423. The van der Waals surface area contributed by atoms with Gasteiger partial charge >= 0.3 is 0 Å². The van der Waals surface area contributed by atoms with E-state index in [9.17, 15) is 0 Å². The van der Waals surface area contributed by atoms with E-state index in [0.29, 0.717) is 0 Å². The van der Waals surface area contributed by atoms with E-state index < -0.39 is 0 Å². The minimum Gasteiger partial charge on any atom is -0.378 e. The van der Waals surface area contributed by atoms with Crippen LogP contribution >= 0.6 is 23.5 Å². The predicted molar refractivity (Wildman–Crippen MR) is 86.1 cm³/mol. The Bertz CT molecular complexity index is 130. The Balaban J connectivity index is 2.86. The first-order valence-electron chi connectivity index (χ1n) is 7.22. The summed E-state index contributed by atoms with van der Waals surface area (Å²) in [6.07, 6.45) is 5.23. The Hall–Kier alpha value is 0.620. The van der Waals surface area contributed by atoms with Crippen molar-refractivity contribution in [3.8, 4) is 0 Å². The second-order valence-electron chi connectivity index (χ2n) is 4.16. The van der Waals surface area contributed by atoms with Gasteiger partial charge < -0.3 is 9.47 Å². The maximum Gasteiger partial charge on any atom is 0.0700 e. The second-order valence-corrected chi connectivity index (χ2v) is 6.61. The van der Waals surface area contributed by atoms with E-state index >= 15 is 0 Å². The number of hydrogen-bond acceptors (Lipinski definition) is 4. The monoisotopic (exact) mass is 294 g/mol. The molecule has 0 aliphatic rings. The summed E-state index contributed by atoms with van der Waals surface area (Å²) in [5, 5.41) is 0. The third kappa shape index (κ3) is 16.6. The van der Waals surface area contributed by atoms with E-state index in [1.54, 1.807) is 0 Å². The van der Waals surface area contributed by atoms with Crippen molar-refractivity contribution in [3.63, 3.8) is 0 Å². The standard InChI is InChI=1S/C14H30O2S2/c1-3-5-11-17-13-9-15-7-8-16-10-14-18-12-6-4-2/h3-14H2,1-2H3. The lowest BCUT2D eigenvalue weighted by atomic mass is 10.4. The molecule has 0 aliphatic heterocycles. The predicted octanol–water partition coefficient (Wildman–Crippen LogP) is 4.09. The van der Waals surface area contributed by atoms with Crippen molar-refractivity contribution in [3.05, 3.63) is 0 Å². The average Bonchev–Trinajstić information content (AvgIpc) is 2.39. The van der Waals surface area contributed by atoms with Crippen molar-refractivity contribution < 1.29 is 9.47 Å². The van der Waals surface area contributed by atoms with Crippen LogP contribution in [0.2, 0.25) is 0 Å². The van der Waals surface area contributed by atoms with Crippen molar-refractivity contribution in [1.29, 1.82) is 0 Å². The van der Waals surface area contributed by atoms with Gasteiger partial charge in [0.2, 0.25) is 0 Å². The van der Waals surface area contributed by atoms with E-state index in [1.165, 1.54) is 37.2 Å². The van der Waals surface area contributed by atoms with Gasteiger partial charge in [-0.3, -0.25) is 0 Å². The molecule has 2 nitrogen and oxygen atoms in total. The zero-order chi connectivity index (χ0) is 13.3. The Morgan fingerprint density at radius 1 is 0.611 bits per heavy atom. The minimum absolute atomic E-state index is 0.744. The normalized spacial score (nSPS) is 11.0. The molecular formula is C14H30O2S2. The lowest BCUT2D eigenvalue weighted by Crippen LogP contribution is -2.08. The molecule has 18 heavy (non-hydrogen) atoms. The van der Waals surface area contributed by atoms with Crippen molar-refractivity contribution in [1.82, 2.24) is 0 Å². The molecule has 0 saturated heterocycles. The van der Waals surface area contributed by atoms with Crippen LogP contribution in [-0.4, -0.2) is 49.4 Å². The highest BCUT2D eigenvalue weighted by Gasteiger charge is 1.92. The van der Waals surface area contributed by atoms with Crippen LogP contribution in [-0.2, 0) is 9.47 Å². The highest BCUT2D eigenvalue weighted by atomic mass is 32.2. The van der Waals surface area contributed by atoms with Gasteiger partial charge in [0, 0.05) is 11.5 Å². The highest BCUT2D eigenvalue weighted by Crippen LogP contribution is 2.04. The van der Waals surface area contributed by atoms with Gasteiger partial charge in [0.25, 0.3) is 0 Å². The zero-order valence-corrected chi connectivity index (χ0v) is 13.8. The minimum atomic E-state index is 0.744. The average molecular weight is 295 g/mol. The summed E-state index contributed by atoms with van der Waals surface area (Å²) < 4.78 is 11.0. The molecule has 0 radical (unpaired) electrons. The van der Waals surface area contributed by atoms with Crippen molar-refractivity contribution in [2.45, 2.75) is 39.5 Å². The summed E-state index contributed by atoms with van der Waals surface area (Å²) in [5.41, 5.74) is 0. The van der Waals surface area contributed by atoms with Crippen LogP contribution in [0.15, 0.2) is 0 Å². The van der Waals surface area contributed by atoms with Gasteiger partial charge in [-0.05, 0) is 24.3 Å². The number of unbranched alkanes of at least 4 members (excludes halogenated alkanes) is 2. The van der Waals surface area contributed by atoms with Gasteiger partial charge in [-0.2, -0.15) is 23.5 Å². The Morgan fingerprint density at radius 3 is 1.44 bits per heavy atom. The molecule has 110 valence electrons. The van der Waals surface area contributed by atoms with Crippen LogP contribution in [0.5, 0.6) is 0 Å². The largest absolute Gasteiger partial charge is 0.378 e.